The molecular formula is C40H56N4O10. The number of methoxy groups -OCH3 is 2. The van der Waals surface area contributed by atoms with Crippen LogP contribution in [0.2, 0.25) is 0 Å². The second-order valence-electron chi connectivity index (χ2n) is 15.8. The van der Waals surface area contributed by atoms with Gasteiger partial charge in [-0.15, -0.1) is 0 Å². The maximum atomic E-state index is 14.0. The molecular weight excluding hydrogens is 696 g/mol. The van der Waals surface area contributed by atoms with Crippen molar-refractivity contribution in [1.29, 1.82) is 0 Å². The maximum Gasteiger partial charge on any atom is 0.407 e. The summed E-state index contributed by atoms with van der Waals surface area (Å²) in [6, 6.07) is 14.1. The number of ether oxygens (including phenoxy) is 4. The largest absolute Gasteiger partial charge is 0.469 e. The predicted molar refractivity (Wildman–Crippen MR) is 202 cm³/mol. The monoisotopic (exact) mass is 752 g/mol. The van der Waals surface area contributed by atoms with Gasteiger partial charge in [0.25, 0.3) is 0 Å². The minimum Gasteiger partial charge on any atom is -0.469 e. The molecule has 14 nitrogen and oxygen atoms in total. The number of hydrogen-bond donors (Lipinski definition) is 4. The van der Waals surface area contributed by atoms with Gasteiger partial charge < -0.3 is 40.2 Å². The van der Waals surface area contributed by atoms with Gasteiger partial charge in [0, 0.05) is 24.5 Å². The van der Waals surface area contributed by atoms with E-state index in [1.165, 1.54) is 13.8 Å². The molecule has 54 heavy (non-hydrogen) atoms. The second kappa shape index (κ2) is 17.8. The summed E-state index contributed by atoms with van der Waals surface area (Å²) >= 11 is 0. The number of alkyl carbamates (subject to hydrolysis) is 2. The lowest BCUT2D eigenvalue weighted by Gasteiger charge is -2.60. The molecule has 296 valence electrons. The molecule has 0 aliphatic heterocycles. The van der Waals surface area contributed by atoms with Gasteiger partial charge in [-0.3, -0.25) is 19.2 Å². The van der Waals surface area contributed by atoms with Gasteiger partial charge in [0.1, 0.15) is 11.2 Å². The number of rotatable bonds is 14. The van der Waals surface area contributed by atoms with Crippen LogP contribution in [0.5, 0.6) is 0 Å². The molecule has 2 aromatic rings. The van der Waals surface area contributed by atoms with E-state index in [4.69, 9.17) is 18.9 Å². The normalized spacial score (nSPS) is 20.7. The number of nitrogens with one attached hydrogen (secondary N) is 4. The topological polar surface area (TPSA) is 187 Å². The molecule has 14 heteroatoms. The van der Waals surface area contributed by atoms with E-state index in [-0.39, 0.29) is 0 Å². The Morgan fingerprint density at radius 2 is 0.889 bits per heavy atom. The molecule has 1 aliphatic carbocycles. The molecule has 0 bridgehead atoms. The highest BCUT2D eigenvalue weighted by Gasteiger charge is 2.78. The van der Waals surface area contributed by atoms with Gasteiger partial charge in [-0.1, -0.05) is 24.3 Å². The highest BCUT2D eigenvalue weighted by atomic mass is 16.6. The van der Waals surface area contributed by atoms with Gasteiger partial charge in [-0.25, -0.2) is 9.59 Å². The molecule has 0 radical (unpaired) electrons. The SMILES string of the molecule is COC(=O)C1C(C)(C(=O)Nc2ccc(CCCNC(=O)OC(C)(C)C)cc2)C(C(=O)OC)C1(C)C(=O)Nc1ccc(CCCNC(=O)OC(C)(C)C)cc1. The number of hydrogen-bond acceptors (Lipinski definition) is 10. The quantitative estimate of drug-likeness (QED) is 0.105. The molecule has 0 spiro atoms. The Morgan fingerprint density at radius 1 is 0.574 bits per heavy atom. The van der Waals surface area contributed by atoms with E-state index in [9.17, 15) is 28.8 Å². The summed E-state index contributed by atoms with van der Waals surface area (Å²) in [6.45, 7) is 14.5. The summed E-state index contributed by atoms with van der Waals surface area (Å²) in [5, 5.41) is 11.1. The Hall–Kier alpha value is -5.14. The summed E-state index contributed by atoms with van der Waals surface area (Å²) in [7, 11) is 2.32. The van der Waals surface area contributed by atoms with Crippen molar-refractivity contribution in [2.75, 3.05) is 37.9 Å². The first-order chi connectivity index (χ1) is 25.1. The summed E-state index contributed by atoms with van der Waals surface area (Å²) in [4.78, 5) is 78.5. The van der Waals surface area contributed by atoms with Crippen molar-refractivity contribution in [1.82, 2.24) is 10.6 Å². The summed E-state index contributed by atoms with van der Waals surface area (Å²) in [5.41, 5.74) is -1.83. The Kier molecular flexibility index (Phi) is 14.3. The van der Waals surface area contributed by atoms with Crippen molar-refractivity contribution >= 4 is 47.3 Å². The molecule has 2 aromatic carbocycles. The Labute approximate surface area is 317 Å². The fourth-order valence-corrected chi connectivity index (χ4v) is 6.86. The third-order valence-corrected chi connectivity index (χ3v) is 9.30. The zero-order valence-electron chi connectivity index (χ0n) is 33.1. The smallest absolute Gasteiger partial charge is 0.407 e. The number of esters is 2. The molecule has 4 N–H and O–H groups in total. The van der Waals surface area contributed by atoms with Crippen LogP contribution in [-0.4, -0.2) is 74.5 Å². The van der Waals surface area contributed by atoms with Gasteiger partial charge in [0.15, 0.2) is 0 Å². The van der Waals surface area contributed by atoms with Crippen LogP contribution >= 0.6 is 0 Å². The number of aryl methyl sites for hydroxylation is 2. The van der Waals surface area contributed by atoms with E-state index in [2.05, 4.69) is 21.3 Å². The highest BCUT2D eigenvalue weighted by molar-refractivity contribution is 6.10. The lowest BCUT2D eigenvalue weighted by Crippen LogP contribution is -2.74. The van der Waals surface area contributed by atoms with Crippen LogP contribution in [0.3, 0.4) is 0 Å². The number of benzene rings is 2. The Morgan fingerprint density at radius 3 is 1.17 bits per heavy atom. The van der Waals surface area contributed by atoms with Crippen LogP contribution in [-0.2, 0) is 51.0 Å². The van der Waals surface area contributed by atoms with E-state index in [1.807, 2.05) is 24.3 Å². The average Bonchev–Trinajstić information content (AvgIpc) is 3.08. The van der Waals surface area contributed by atoms with Crippen LogP contribution < -0.4 is 21.3 Å². The van der Waals surface area contributed by atoms with Gasteiger partial charge >= 0.3 is 24.1 Å². The van der Waals surface area contributed by atoms with Crippen LogP contribution in [0.1, 0.15) is 79.4 Å². The number of amides is 4. The third-order valence-electron chi connectivity index (χ3n) is 9.30. The van der Waals surface area contributed by atoms with E-state index in [0.717, 1.165) is 25.3 Å². The summed E-state index contributed by atoms with van der Waals surface area (Å²) < 4.78 is 20.7. The fraction of sp³-hybridized carbons (Fsp3) is 0.550. The van der Waals surface area contributed by atoms with Crippen LogP contribution in [0.15, 0.2) is 48.5 Å². The molecule has 0 saturated heterocycles. The van der Waals surface area contributed by atoms with Gasteiger partial charge in [-0.05, 0) is 116 Å². The minimum atomic E-state index is -1.71. The van der Waals surface area contributed by atoms with E-state index >= 15 is 0 Å². The Bertz CT molecular complexity index is 1530. The molecule has 0 aromatic heterocycles. The van der Waals surface area contributed by atoms with Crippen LogP contribution in [0, 0.1) is 22.7 Å². The van der Waals surface area contributed by atoms with Gasteiger partial charge in [0.2, 0.25) is 11.8 Å². The number of carbonyl (C=O) groups is 6. The van der Waals surface area contributed by atoms with Gasteiger partial charge in [-0.2, -0.15) is 0 Å². The highest BCUT2D eigenvalue weighted by Crippen LogP contribution is 2.65. The maximum absolute atomic E-state index is 14.0. The first-order valence-corrected chi connectivity index (χ1v) is 18.1. The molecule has 1 aliphatic rings. The van der Waals surface area contributed by atoms with E-state index < -0.39 is 69.8 Å². The van der Waals surface area contributed by atoms with E-state index in [0.29, 0.717) is 50.1 Å². The first-order valence-electron chi connectivity index (χ1n) is 18.1. The molecule has 4 amide bonds. The van der Waals surface area contributed by atoms with Crippen molar-refractivity contribution < 1.29 is 47.7 Å². The van der Waals surface area contributed by atoms with Gasteiger partial charge in [0.05, 0.1) is 36.9 Å². The molecule has 0 unspecified atom stereocenters. The van der Waals surface area contributed by atoms with Crippen molar-refractivity contribution in [3.8, 4) is 0 Å². The molecule has 1 fully saturated rings. The second-order valence-corrected chi connectivity index (χ2v) is 15.8. The minimum absolute atomic E-state index is 0.419. The zero-order valence-corrected chi connectivity index (χ0v) is 33.1. The first kappa shape index (κ1) is 43.3. The van der Waals surface area contributed by atoms with Crippen molar-refractivity contribution in [2.24, 2.45) is 22.7 Å². The molecule has 1 saturated carbocycles. The van der Waals surface area contributed by atoms with Crippen molar-refractivity contribution in [3.05, 3.63) is 59.7 Å². The van der Waals surface area contributed by atoms with Crippen LogP contribution in [0.4, 0.5) is 21.0 Å². The lowest BCUT2D eigenvalue weighted by molar-refractivity contribution is -0.215. The third kappa shape index (κ3) is 11.0. The summed E-state index contributed by atoms with van der Waals surface area (Å²) in [5.74, 6) is -5.63. The van der Waals surface area contributed by atoms with Crippen molar-refractivity contribution in [3.63, 3.8) is 0 Å². The lowest BCUT2D eigenvalue weighted by atomic mass is 9.39. The van der Waals surface area contributed by atoms with E-state index in [1.54, 1.807) is 65.8 Å². The standard InChI is InChI=1S/C40H56N4O10/c1-37(2,3)53-35(49)41-23-11-13-25-15-19-27(20-16-25)43-33(47)39(7)29(31(45)51-9)40(8,30(39)32(46)52-10)34(48)44-28-21-17-26(18-22-28)14-12-24-42-36(50)54-38(4,5)6/h15-22,29-30H,11-14,23-24H2,1-10H3,(H,41,49)(H,42,50)(H,43,47)(H,44,48). The number of anilines is 2. The zero-order chi connectivity index (χ0) is 40.5. The Balaban J connectivity index is 1.68. The molecule has 0 atom stereocenters. The van der Waals surface area contributed by atoms with Crippen LogP contribution in [0.25, 0.3) is 0 Å². The molecule has 3 rings (SSSR count). The van der Waals surface area contributed by atoms with Crippen molar-refractivity contribution in [2.45, 2.75) is 92.3 Å². The predicted octanol–water partition coefficient (Wildman–Crippen LogP) is 5.78. The fourth-order valence-electron chi connectivity index (χ4n) is 6.86. The summed E-state index contributed by atoms with van der Waals surface area (Å²) in [6.07, 6.45) is 1.65. The molecule has 0 heterocycles. The number of carbonyl (C=O) groups excluding carboxylic acids is 6. The average molecular weight is 753 g/mol.